The molecular weight excluding hydrogens is 622 g/mol. The molecule has 6 N–H and O–H groups in total. The molecule has 0 spiro atoms. The van der Waals surface area contributed by atoms with E-state index in [1.165, 1.54) is 33.3 Å². The normalized spacial score (nSPS) is 16.6. The lowest BCUT2D eigenvalue weighted by Crippen LogP contribution is -2.48. The van der Waals surface area contributed by atoms with Crippen molar-refractivity contribution in [2.24, 2.45) is 5.73 Å². The zero-order valence-corrected chi connectivity index (χ0v) is 26.1. The second kappa shape index (κ2) is 15.2. The Morgan fingerprint density at radius 2 is 1.65 bits per heavy atom. The summed E-state index contributed by atoms with van der Waals surface area (Å²) in [5.74, 6) is -1.19. The summed E-state index contributed by atoms with van der Waals surface area (Å²) >= 11 is 12.2. The quantitative estimate of drug-likeness (QED) is 0.0982. The number of nitrogens with one attached hydrogen (secondary N) is 4. The number of nitrogens with two attached hydrogens (primary N) is 1. The molecule has 0 bridgehead atoms. The molecule has 2 amide bonds. The van der Waals surface area contributed by atoms with Gasteiger partial charge in [0.2, 0.25) is 0 Å². The van der Waals surface area contributed by atoms with E-state index >= 15 is 0 Å². The molecule has 0 saturated carbocycles. The molecule has 2 atom stereocenters. The van der Waals surface area contributed by atoms with Crippen molar-refractivity contribution in [1.29, 1.82) is 5.41 Å². The van der Waals surface area contributed by atoms with Gasteiger partial charge in [-0.2, -0.15) is 0 Å². The average molecular weight is 655 g/mol. The van der Waals surface area contributed by atoms with Crippen LogP contribution in [0, 0.1) is 5.41 Å². The van der Waals surface area contributed by atoms with Crippen molar-refractivity contribution in [3.63, 3.8) is 0 Å². The summed E-state index contributed by atoms with van der Waals surface area (Å²) in [6, 6.07) is 9.70. The maximum Gasteiger partial charge on any atom is 0.393 e. The van der Waals surface area contributed by atoms with Crippen LogP contribution in [0.5, 0.6) is 11.5 Å². The number of amides is 2. The number of allylic oxidation sites excluding steroid dienone is 1. The third-order valence-corrected chi connectivity index (χ3v) is 9.44. The molecule has 16 heteroatoms. The van der Waals surface area contributed by atoms with Crippen LogP contribution in [-0.2, 0) is 18.9 Å². The van der Waals surface area contributed by atoms with Gasteiger partial charge in [-0.1, -0.05) is 29.3 Å². The van der Waals surface area contributed by atoms with E-state index in [4.69, 9.17) is 48.3 Å². The van der Waals surface area contributed by atoms with Gasteiger partial charge in [0.05, 0.1) is 35.5 Å². The van der Waals surface area contributed by atoms with Gasteiger partial charge in [-0.15, -0.1) is 0 Å². The Morgan fingerprint density at radius 3 is 2.19 bits per heavy atom. The van der Waals surface area contributed by atoms with Gasteiger partial charge >= 0.3 is 13.6 Å². The molecular formula is C27H33Cl2N6O7P. The first-order valence-corrected chi connectivity index (χ1v) is 15.4. The van der Waals surface area contributed by atoms with Crippen molar-refractivity contribution < 1.29 is 32.9 Å². The van der Waals surface area contributed by atoms with Crippen LogP contribution in [0.1, 0.15) is 30.1 Å². The Morgan fingerprint density at radius 1 is 1.07 bits per heavy atom. The van der Waals surface area contributed by atoms with Gasteiger partial charge < -0.3 is 35.8 Å². The fourth-order valence-electron chi connectivity index (χ4n) is 4.16. The summed E-state index contributed by atoms with van der Waals surface area (Å²) in [6.07, 6.45) is 1.44. The Kier molecular flexibility index (Phi) is 12.0. The Bertz CT molecular complexity index is 1410. The maximum absolute atomic E-state index is 14.1. The largest absolute Gasteiger partial charge is 0.497 e. The summed E-state index contributed by atoms with van der Waals surface area (Å²) in [7, 11) is -1.07. The zero-order valence-electron chi connectivity index (χ0n) is 23.7. The van der Waals surface area contributed by atoms with Gasteiger partial charge in [0.25, 0.3) is 11.8 Å². The van der Waals surface area contributed by atoms with Crippen LogP contribution in [0.3, 0.4) is 0 Å². The van der Waals surface area contributed by atoms with Gasteiger partial charge in [-0.25, -0.2) is 14.3 Å². The molecule has 1 saturated heterocycles. The molecule has 1 aliphatic heterocycles. The zero-order chi connectivity index (χ0) is 31.7. The topological polar surface area (TPSA) is 185 Å². The van der Waals surface area contributed by atoms with E-state index in [-0.39, 0.29) is 40.4 Å². The first-order chi connectivity index (χ1) is 20.4. The van der Waals surface area contributed by atoms with Gasteiger partial charge in [-0.05, 0) is 56.2 Å². The number of halogens is 2. The summed E-state index contributed by atoms with van der Waals surface area (Å²) < 4.78 is 31.5. The molecule has 0 aliphatic carbocycles. The summed E-state index contributed by atoms with van der Waals surface area (Å²) in [5.41, 5.74) is 5.33. The molecule has 1 heterocycles. The number of nitrogens with zero attached hydrogens (tertiary/aromatic N) is 1. The summed E-state index contributed by atoms with van der Waals surface area (Å²) in [6.45, 7) is 1.96. The number of carbonyl (C=O) groups excluding carboxylic acids is 3. The third kappa shape index (κ3) is 8.71. The number of rotatable bonds is 12. The van der Waals surface area contributed by atoms with Crippen molar-refractivity contribution >= 4 is 54.9 Å². The molecule has 3 rings (SSSR count). The van der Waals surface area contributed by atoms with Crippen molar-refractivity contribution in [1.82, 2.24) is 20.4 Å². The number of benzene rings is 2. The van der Waals surface area contributed by atoms with E-state index in [0.29, 0.717) is 24.3 Å². The minimum absolute atomic E-state index is 0.0258. The molecule has 0 radical (unpaired) electrons. The first kappa shape index (κ1) is 33.9. The van der Waals surface area contributed by atoms with Crippen LogP contribution in [0.25, 0.3) is 0 Å². The van der Waals surface area contributed by atoms with Gasteiger partial charge in [0, 0.05) is 25.3 Å². The number of methoxy groups -OCH3 is 2. The van der Waals surface area contributed by atoms with Crippen molar-refractivity contribution in [3.05, 3.63) is 69.5 Å². The predicted octanol–water partition coefficient (Wildman–Crippen LogP) is 3.47. The predicted molar refractivity (Wildman–Crippen MR) is 163 cm³/mol. The molecule has 13 nitrogen and oxygen atoms in total. The number of ether oxygens (including phenoxy) is 2. The number of esters is 1. The Hall–Kier alpha value is -3.61. The fraction of sp³-hybridized carbons (Fsp3) is 0.333. The van der Waals surface area contributed by atoms with Gasteiger partial charge in [0.15, 0.2) is 0 Å². The second-order valence-electron chi connectivity index (χ2n) is 9.39. The lowest BCUT2D eigenvalue weighted by Gasteiger charge is -2.37. The fourth-order valence-corrected chi connectivity index (χ4v) is 6.82. The average Bonchev–Trinajstić information content (AvgIpc) is 2.99. The number of carbonyl (C=O) groups is 3. The van der Waals surface area contributed by atoms with Crippen LogP contribution < -0.4 is 30.7 Å². The number of piperidine rings is 1. The maximum atomic E-state index is 14.1. The van der Waals surface area contributed by atoms with Crippen LogP contribution in [0.15, 0.2) is 53.9 Å². The lowest BCUT2D eigenvalue weighted by atomic mass is 10.1. The van der Waals surface area contributed by atoms with E-state index in [0.717, 1.165) is 6.21 Å². The highest BCUT2D eigenvalue weighted by Crippen LogP contribution is 2.49. The number of hydrogen-bond acceptors (Lipinski definition) is 9. The molecule has 43 heavy (non-hydrogen) atoms. The Labute approximate surface area is 259 Å². The van der Waals surface area contributed by atoms with Crippen molar-refractivity contribution in [2.45, 2.75) is 31.8 Å². The monoisotopic (exact) mass is 654 g/mol. The van der Waals surface area contributed by atoms with Crippen LogP contribution in [0.2, 0.25) is 10.0 Å². The molecule has 2 aromatic carbocycles. The molecule has 232 valence electrons. The van der Waals surface area contributed by atoms with E-state index in [1.807, 2.05) is 0 Å². The van der Waals surface area contributed by atoms with E-state index in [1.54, 1.807) is 35.0 Å². The first-order valence-electron chi connectivity index (χ1n) is 13.0. The molecule has 1 unspecified atom stereocenters. The van der Waals surface area contributed by atoms with Crippen LogP contribution >= 0.6 is 30.9 Å². The van der Waals surface area contributed by atoms with E-state index < -0.39 is 37.2 Å². The van der Waals surface area contributed by atoms with Gasteiger partial charge in [-0.3, -0.25) is 14.4 Å². The molecule has 1 aliphatic rings. The third-order valence-electron chi connectivity index (χ3n) is 6.50. The Balaban J connectivity index is 1.69. The SMILES string of the molecule is COC(=O)[C@H](C)NP(=O)(Oc1ccc(OC)cc1)N1CCC(NC(=O)C(N)=C(C=N)NC(=O)c2c(Cl)cccc2Cl)CC1. The highest BCUT2D eigenvalue weighted by atomic mass is 35.5. The highest BCUT2D eigenvalue weighted by Gasteiger charge is 2.39. The van der Waals surface area contributed by atoms with Crippen LogP contribution in [0.4, 0.5) is 0 Å². The number of hydrogen-bond donors (Lipinski definition) is 5. The lowest BCUT2D eigenvalue weighted by molar-refractivity contribution is -0.142. The van der Waals surface area contributed by atoms with E-state index in [9.17, 15) is 18.9 Å². The van der Waals surface area contributed by atoms with Crippen molar-refractivity contribution in [3.8, 4) is 11.5 Å². The molecule has 1 fully saturated rings. The van der Waals surface area contributed by atoms with Crippen LogP contribution in [-0.4, -0.2) is 68.1 Å². The summed E-state index contributed by atoms with van der Waals surface area (Å²) in [5, 5.41) is 15.8. The molecule has 0 aromatic heterocycles. The standard InChI is InChI=1S/C27H33Cl2N6O7P/c1-16(27(38)41-3)34-43(39,42-19-9-7-18(40-2)8-10-19)35-13-11-17(12-14-35)32-26(37)24(31)22(15-30)33-25(36)23-20(28)5-4-6-21(23)29/h4-10,15-17,30H,11-14,31H2,1-3H3,(H,32,37)(H,33,36)(H,34,39)/t16-,43?/m0/s1. The van der Waals surface area contributed by atoms with E-state index in [2.05, 4.69) is 15.7 Å². The minimum atomic E-state index is -3.82. The smallest absolute Gasteiger partial charge is 0.393 e. The highest BCUT2D eigenvalue weighted by molar-refractivity contribution is 7.54. The summed E-state index contributed by atoms with van der Waals surface area (Å²) in [4.78, 5) is 37.7. The van der Waals surface area contributed by atoms with Gasteiger partial charge in [0.1, 0.15) is 23.2 Å². The van der Waals surface area contributed by atoms with Crippen molar-refractivity contribution in [2.75, 3.05) is 27.3 Å². The second-order valence-corrected chi connectivity index (χ2v) is 12.2. The molecule has 2 aromatic rings. The minimum Gasteiger partial charge on any atom is -0.497 e.